The Morgan fingerprint density at radius 1 is 1.02 bits per heavy atom. The fourth-order valence-electron chi connectivity index (χ4n) is 5.65. The summed E-state index contributed by atoms with van der Waals surface area (Å²) in [6.07, 6.45) is 8.06. The van der Waals surface area contributed by atoms with Crippen LogP contribution >= 0.6 is 0 Å². The van der Waals surface area contributed by atoms with Crippen molar-refractivity contribution in [3.8, 4) is 0 Å². The molecule has 1 aliphatic carbocycles. The number of carboxylic acid groups (broad SMARTS) is 1. The maximum absolute atomic E-state index is 12.4. The molecule has 3 N–H and O–H groups in total. The van der Waals surface area contributed by atoms with E-state index in [4.69, 9.17) is 14.6 Å². The molecule has 2 fully saturated rings. The van der Waals surface area contributed by atoms with Crippen LogP contribution in [-0.4, -0.2) is 52.2 Å². The Bertz CT molecular complexity index is 1110. The molecule has 0 spiro atoms. The number of amides is 1. The summed E-state index contributed by atoms with van der Waals surface area (Å²) in [6, 6.07) is 15.9. The first-order valence-corrected chi connectivity index (χ1v) is 14.4. The number of hydrogen-bond acceptors (Lipinski definition) is 6. The molecular formula is C32H42N2O6. The molecular weight excluding hydrogens is 508 g/mol. The van der Waals surface area contributed by atoms with Gasteiger partial charge in [-0.1, -0.05) is 55.3 Å². The molecule has 0 radical (unpaired) electrons. The van der Waals surface area contributed by atoms with Crippen LogP contribution in [0.25, 0.3) is 0 Å². The molecule has 2 aliphatic rings. The number of carbonyl (C=O) groups is 2. The molecule has 216 valence electrons. The van der Waals surface area contributed by atoms with Gasteiger partial charge < -0.3 is 25.0 Å². The predicted molar refractivity (Wildman–Crippen MR) is 154 cm³/mol. The highest BCUT2D eigenvalue weighted by Gasteiger charge is 2.34. The summed E-state index contributed by atoms with van der Waals surface area (Å²) in [5.74, 6) is -0.998. The number of aliphatic hydroxyl groups excluding tert-OH is 1. The van der Waals surface area contributed by atoms with Crippen LogP contribution in [0.4, 0.5) is 5.69 Å². The highest BCUT2D eigenvalue weighted by Crippen LogP contribution is 2.39. The summed E-state index contributed by atoms with van der Waals surface area (Å²) in [6.45, 7) is 5.58. The van der Waals surface area contributed by atoms with Gasteiger partial charge in [0.25, 0.3) is 0 Å². The first kappa shape index (κ1) is 29.9. The lowest BCUT2D eigenvalue weighted by molar-refractivity contribution is -0.253. The third-order valence-electron chi connectivity index (χ3n) is 7.74. The minimum Gasteiger partial charge on any atom is -0.481 e. The average molecular weight is 551 g/mol. The summed E-state index contributed by atoms with van der Waals surface area (Å²) < 4.78 is 13.1. The SMILES string of the molecule is C=CCN(C[C@H]1C[C@@H](c2ccc(CO)cc2)O[C@@H](c2cccc(NC(=O)CCCCC(=O)O)c2)O1)C1CCCC1. The van der Waals surface area contributed by atoms with E-state index < -0.39 is 12.3 Å². The number of carboxylic acids is 1. The van der Waals surface area contributed by atoms with Crippen LogP contribution in [-0.2, 0) is 25.7 Å². The fraction of sp³-hybridized carbons (Fsp3) is 0.500. The van der Waals surface area contributed by atoms with Crippen LogP contribution in [0.5, 0.6) is 0 Å². The van der Waals surface area contributed by atoms with Gasteiger partial charge in [0.1, 0.15) is 0 Å². The summed E-state index contributed by atoms with van der Waals surface area (Å²) in [4.78, 5) is 25.6. The third-order valence-corrected chi connectivity index (χ3v) is 7.74. The molecule has 2 aromatic carbocycles. The summed E-state index contributed by atoms with van der Waals surface area (Å²) in [5, 5.41) is 21.2. The number of benzene rings is 2. The quantitative estimate of drug-likeness (QED) is 0.203. The molecule has 40 heavy (non-hydrogen) atoms. The van der Waals surface area contributed by atoms with Crippen molar-refractivity contribution in [3.63, 3.8) is 0 Å². The topological polar surface area (TPSA) is 108 Å². The molecule has 1 saturated heterocycles. The number of unbranched alkanes of at least 4 members (excludes halogenated alkanes) is 1. The highest BCUT2D eigenvalue weighted by molar-refractivity contribution is 5.90. The molecule has 0 bridgehead atoms. The number of aliphatic carboxylic acids is 1. The lowest BCUT2D eigenvalue weighted by Gasteiger charge is -2.39. The minimum absolute atomic E-state index is 0.00383. The number of rotatable bonds is 14. The molecule has 0 unspecified atom stereocenters. The van der Waals surface area contributed by atoms with E-state index in [1.807, 2.05) is 54.6 Å². The molecule has 3 atom stereocenters. The van der Waals surface area contributed by atoms with Crippen LogP contribution < -0.4 is 5.32 Å². The number of anilines is 1. The first-order valence-electron chi connectivity index (χ1n) is 14.4. The Hall–Kier alpha value is -3.04. The van der Waals surface area contributed by atoms with Crippen molar-refractivity contribution in [2.45, 2.75) is 88.9 Å². The van der Waals surface area contributed by atoms with Crippen LogP contribution in [0.15, 0.2) is 61.2 Å². The highest BCUT2D eigenvalue weighted by atomic mass is 16.7. The third kappa shape index (κ3) is 8.73. The fourth-order valence-corrected chi connectivity index (χ4v) is 5.65. The lowest BCUT2D eigenvalue weighted by atomic mass is 9.99. The van der Waals surface area contributed by atoms with Gasteiger partial charge in [0, 0.05) is 49.6 Å². The molecule has 1 aliphatic heterocycles. The van der Waals surface area contributed by atoms with E-state index in [0.29, 0.717) is 31.0 Å². The monoisotopic (exact) mass is 550 g/mol. The average Bonchev–Trinajstić information content (AvgIpc) is 3.50. The molecule has 1 heterocycles. The first-order chi connectivity index (χ1) is 19.4. The lowest BCUT2D eigenvalue weighted by Crippen LogP contribution is -2.43. The number of nitrogens with zero attached hydrogens (tertiary/aromatic N) is 1. The summed E-state index contributed by atoms with van der Waals surface area (Å²) >= 11 is 0. The van der Waals surface area contributed by atoms with Crippen LogP contribution in [0.3, 0.4) is 0 Å². The Labute approximate surface area is 237 Å². The van der Waals surface area contributed by atoms with Crippen molar-refractivity contribution < 1.29 is 29.3 Å². The van der Waals surface area contributed by atoms with Gasteiger partial charge in [0.05, 0.1) is 18.8 Å². The van der Waals surface area contributed by atoms with Gasteiger partial charge in [-0.3, -0.25) is 14.5 Å². The van der Waals surface area contributed by atoms with E-state index in [0.717, 1.165) is 29.8 Å². The zero-order valence-corrected chi connectivity index (χ0v) is 23.2. The van der Waals surface area contributed by atoms with Gasteiger partial charge in [0.15, 0.2) is 6.29 Å². The van der Waals surface area contributed by atoms with Gasteiger partial charge in [-0.15, -0.1) is 6.58 Å². The molecule has 1 saturated carbocycles. The van der Waals surface area contributed by atoms with Crippen molar-refractivity contribution in [1.82, 2.24) is 4.90 Å². The number of hydrogen-bond donors (Lipinski definition) is 3. The number of nitrogens with one attached hydrogen (secondary N) is 1. The Morgan fingerprint density at radius 3 is 2.48 bits per heavy atom. The standard InChI is InChI=1S/C32H42N2O6/c1-2-18-34(27-10-3-4-11-27)21-28-20-29(24-16-14-23(22-35)15-17-24)40-32(39-28)25-8-7-9-26(19-25)33-30(36)12-5-6-13-31(37)38/h2,7-9,14-17,19,27-29,32,35H,1,3-6,10-13,18,20-22H2,(H,33,36)(H,37,38)/t28-,29+,32+/m1/s1. The predicted octanol–water partition coefficient (Wildman–Crippen LogP) is 5.74. The van der Waals surface area contributed by atoms with Gasteiger partial charge in [0.2, 0.25) is 5.91 Å². The maximum Gasteiger partial charge on any atom is 0.303 e. The van der Waals surface area contributed by atoms with Crippen molar-refractivity contribution >= 4 is 17.6 Å². The Balaban J connectivity index is 1.48. The Morgan fingerprint density at radius 2 is 1.77 bits per heavy atom. The maximum atomic E-state index is 12.4. The van der Waals surface area contributed by atoms with Gasteiger partial charge in [-0.05, 0) is 48.9 Å². The second-order valence-electron chi connectivity index (χ2n) is 10.8. The van der Waals surface area contributed by atoms with Gasteiger partial charge in [-0.2, -0.15) is 0 Å². The number of aliphatic hydroxyl groups is 1. The molecule has 1 amide bonds. The summed E-state index contributed by atoms with van der Waals surface area (Å²) in [5.41, 5.74) is 3.37. The molecule has 0 aromatic heterocycles. The second-order valence-corrected chi connectivity index (χ2v) is 10.8. The van der Waals surface area contributed by atoms with E-state index in [1.165, 1.54) is 25.7 Å². The largest absolute Gasteiger partial charge is 0.481 e. The number of carbonyl (C=O) groups excluding carboxylic acids is 1. The van der Waals surface area contributed by atoms with E-state index in [9.17, 15) is 14.7 Å². The molecule has 8 nitrogen and oxygen atoms in total. The van der Waals surface area contributed by atoms with Crippen LogP contribution in [0, 0.1) is 0 Å². The van der Waals surface area contributed by atoms with Crippen LogP contribution in [0.1, 0.15) is 86.9 Å². The Kier molecular flexibility index (Phi) is 11.3. The van der Waals surface area contributed by atoms with E-state index >= 15 is 0 Å². The second kappa shape index (κ2) is 15.1. The van der Waals surface area contributed by atoms with Crippen LogP contribution in [0.2, 0.25) is 0 Å². The van der Waals surface area contributed by atoms with E-state index in [1.54, 1.807) is 0 Å². The van der Waals surface area contributed by atoms with Crippen molar-refractivity contribution in [2.75, 3.05) is 18.4 Å². The van der Waals surface area contributed by atoms with Gasteiger partial charge in [-0.25, -0.2) is 0 Å². The van der Waals surface area contributed by atoms with Gasteiger partial charge >= 0.3 is 5.97 Å². The summed E-state index contributed by atoms with van der Waals surface area (Å²) in [7, 11) is 0. The van der Waals surface area contributed by atoms with Crippen molar-refractivity contribution in [2.24, 2.45) is 0 Å². The van der Waals surface area contributed by atoms with Crippen molar-refractivity contribution in [1.29, 1.82) is 0 Å². The molecule has 2 aromatic rings. The van der Waals surface area contributed by atoms with Crippen molar-refractivity contribution in [3.05, 3.63) is 77.9 Å². The normalized spacial score (nSPS) is 21.4. The zero-order chi connectivity index (χ0) is 28.3. The zero-order valence-electron chi connectivity index (χ0n) is 23.2. The van der Waals surface area contributed by atoms with E-state index in [2.05, 4.69) is 16.8 Å². The minimum atomic E-state index is -0.850. The number of ether oxygens (including phenoxy) is 2. The molecule has 4 rings (SSSR count). The van der Waals surface area contributed by atoms with E-state index in [-0.39, 0.29) is 37.6 Å². The smallest absolute Gasteiger partial charge is 0.303 e. The molecule has 8 heteroatoms.